The van der Waals surface area contributed by atoms with Crippen molar-refractivity contribution in [1.29, 1.82) is 0 Å². The minimum atomic E-state index is -0.471. The summed E-state index contributed by atoms with van der Waals surface area (Å²) < 4.78 is 0. The Bertz CT molecular complexity index is 934. The van der Waals surface area contributed by atoms with Crippen LogP contribution in [0.5, 0.6) is 0 Å². The van der Waals surface area contributed by atoms with E-state index in [9.17, 15) is 14.7 Å². The molecule has 5 heteroatoms. The van der Waals surface area contributed by atoms with Crippen molar-refractivity contribution in [3.05, 3.63) is 71.0 Å². The molecule has 1 aliphatic carbocycles. The van der Waals surface area contributed by atoms with Gasteiger partial charge < -0.3 is 15.3 Å². The Hall–Kier alpha value is -3.08. The highest BCUT2D eigenvalue weighted by Gasteiger charge is 2.34. The van der Waals surface area contributed by atoms with Gasteiger partial charge in [0.15, 0.2) is 5.76 Å². The van der Waals surface area contributed by atoms with Crippen LogP contribution in [0.1, 0.15) is 30.5 Å². The van der Waals surface area contributed by atoms with Crippen molar-refractivity contribution in [2.24, 2.45) is 0 Å². The molecule has 2 aromatic carbocycles. The van der Waals surface area contributed by atoms with Crippen LogP contribution in [0.25, 0.3) is 11.1 Å². The van der Waals surface area contributed by atoms with Gasteiger partial charge in [0.25, 0.3) is 11.8 Å². The third kappa shape index (κ3) is 3.10. The van der Waals surface area contributed by atoms with Crippen LogP contribution < -0.4 is 5.32 Å². The summed E-state index contributed by atoms with van der Waals surface area (Å²) in [4.78, 5) is 26.1. The van der Waals surface area contributed by atoms with E-state index in [1.165, 1.54) is 10.5 Å². The summed E-state index contributed by atoms with van der Waals surface area (Å²) in [6, 6.07) is 16.4. The maximum absolute atomic E-state index is 12.7. The molecule has 1 unspecified atom stereocenters. The molecule has 27 heavy (non-hydrogen) atoms. The summed E-state index contributed by atoms with van der Waals surface area (Å²) in [5, 5.41) is 13.0. The molecule has 4 rings (SSSR count). The molecule has 0 saturated carbocycles. The number of nitrogens with zero attached hydrogens (tertiary/aromatic N) is 1. The van der Waals surface area contributed by atoms with Gasteiger partial charge in [0.05, 0.1) is 18.2 Å². The molecule has 0 aromatic heterocycles. The fourth-order valence-corrected chi connectivity index (χ4v) is 3.86. The van der Waals surface area contributed by atoms with Crippen molar-refractivity contribution < 1.29 is 14.7 Å². The van der Waals surface area contributed by atoms with Crippen LogP contribution in [-0.4, -0.2) is 34.9 Å². The molecule has 5 nitrogen and oxygen atoms in total. The summed E-state index contributed by atoms with van der Waals surface area (Å²) in [6.07, 6.45) is 1.72. The Morgan fingerprint density at radius 1 is 1.19 bits per heavy atom. The van der Waals surface area contributed by atoms with Gasteiger partial charge in [-0.15, -0.1) is 0 Å². The Labute approximate surface area is 158 Å². The highest BCUT2D eigenvalue weighted by molar-refractivity contribution is 6.07. The van der Waals surface area contributed by atoms with Crippen LogP contribution in [0, 0.1) is 0 Å². The molecule has 2 aromatic rings. The smallest absolute Gasteiger partial charge is 0.289 e. The van der Waals surface area contributed by atoms with Crippen LogP contribution in [0.4, 0.5) is 0 Å². The quantitative estimate of drug-likeness (QED) is 0.878. The van der Waals surface area contributed by atoms with E-state index in [1.807, 2.05) is 25.1 Å². The zero-order chi connectivity index (χ0) is 19.0. The first kappa shape index (κ1) is 17.3. The summed E-state index contributed by atoms with van der Waals surface area (Å²) in [5.41, 5.74) is 4.76. The van der Waals surface area contributed by atoms with E-state index in [4.69, 9.17) is 0 Å². The van der Waals surface area contributed by atoms with Crippen molar-refractivity contribution in [2.75, 3.05) is 13.1 Å². The lowest BCUT2D eigenvalue weighted by Crippen LogP contribution is -2.31. The SMILES string of the molecule is CCN1CC(C(=O)NC2CCc3ccc(-c4ccccc4)cc32)=C(O)C1=O. The summed E-state index contributed by atoms with van der Waals surface area (Å²) in [7, 11) is 0. The average Bonchev–Trinajstić information content (AvgIpc) is 3.23. The number of fused-ring (bicyclic) bond motifs is 1. The zero-order valence-electron chi connectivity index (χ0n) is 15.2. The number of rotatable bonds is 4. The van der Waals surface area contributed by atoms with Crippen molar-refractivity contribution in [3.8, 4) is 11.1 Å². The molecule has 0 fully saturated rings. The van der Waals surface area contributed by atoms with E-state index in [-0.39, 0.29) is 24.1 Å². The fraction of sp³-hybridized carbons (Fsp3) is 0.273. The first-order valence-corrected chi connectivity index (χ1v) is 9.29. The van der Waals surface area contributed by atoms with Gasteiger partial charge in [0.1, 0.15) is 0 Å². The normalized spacial score (nSPS) is 18.8. The van der Waals surface area contributed by atoms with Gasteiger partial charge >= 0.3 is 0 Å². The maximum Gasteiger partial charge on any atom is 0.289 e. The number of aliphatic hydroxyl groups is 1. The topological polar surface area (TPSA) is 69.6 Å². The Morgan fingerprint density at radius 2 is 1.96 bits per heavy atom. The molecule has 0 bridgehead atoms. The van der Waals surface area contributed by atoms with E-state index in [2.05, 4.69) is 35.6 Å². The number of carbonyl (C=O) groups is 2. The Kier molecular flexibility index (Phi) is 4.44. The van der Waals surface area contributed by atoms with Gasteiger partial charge in [-0.3, -0.25) is 9.59 Å². The molecule has 2 N–H and O–H groups in total. The lowest BCUT2D eigenvalue weighted by molar-refractivity contribution is -0.127. The number of benzene rings is 2. The molecule has 138 valence electrons. The number of aliphatic hydroxyl groups excluding tert-OH is 1. The van der Waals surface area contributed by atoms with Gasteiger partial charge in [-0.05, 0) is 48.1 Å². The molecular formula is C22H22N2O3. The summed E-state index contributed by atoms with van der Waals surface area (Å²) in [6.45, 7) is 2.45. The van der Waals surface area contributed by atoms with Crippen LogP contribution in [0.2, 0.25) is 0 Å². The minimum Gasteiger partial charge on any atom is -0.503 e. The predicted molar refractivity (Wildman–Crippen MR) is 103 cm³/mol. The number of likely N-dealkylation sites (N-methyl/N-ethyl adjacent to an activating group) is 1. The number of hydrogen-bond donors (Lipinski definition) is 2. The lowest BCUT2D eigenvalue weighted by Gasteiger charge is -2.16. The lowest BCUT2D eigenvalue weighted by atomic mass is 9.99. The molecule has 0 radical (unpaired) electrons. The van der Waals surface area contributed by atoms with Gasteiger partial charge in [-0.1, -0.05) is 42.5 Å². The second-order valence-corrected chi connectivity index (χ2v) is 6.99. The molecule has 2 amide bonds. The molecule has 0 saturated heterocycles. The van der Waals surface area contributed by atoms with E-state index in [0.717, 1.165) is 29.5 Å². The zero-order valence-corrected chi connectivity index (χ0v) is 15.2. The predicted octanol–water partition coefficient (Wildman–Crippen LogP) is 3.13. The van der Waals surface area contributed by atoms with Crippen molar-refractivity contribution in [3.63, 3.8) is 0 Å². The number of aryl methyl sites for hydroxylation is 1. The monoisotopic (exact) mass is 362 g/mol. The highest BCUT2D eigenvalue weighted by atomic mass is 16.3. The van der Waals surface area contributed by atoms with Crippen LogP contribution in [-0.2, 0) is 16.0 Å². The van der Waals surface area contributed by atoms with E-state index in [1.54, 1.807) is 0 Å². The average molecular weight is 362 g/mol. The van der Waals surface area contributed by atoms with Crippen molar-refractivity contribution >= 4 is 11.8 Å². The van der Waals surface area contributed by atoms with Crippen LogP contribution in [0.3, 0.4) is 0 Å². The molecule has 1 aliphatic heterocycles. The Morgan fingerprint density at radius 3 is 2.67 bits per heavy atom. The first-order chi connectivity index (χ1) is 13.1. The third-order valence-corrected chi connectivity index (χ3v) is 5.42. The second kappa shape index (κ2) is 6.91. The van der Waals surface area contributed by atoms with E-state index >= 15 is 0 Å². The van der Waals surface area contributed by atoms with Crippen LogP contribution in [0.15, 0.2) is 59.9 Å². The molecular weight excluding hydrogens is 340 g/mol. The van der Waals surface area contributed by atoms with Crippen LogP contribution >= 0.6 is 0 Å². The fourth-order valence-electron chi connectivity index (χ4n) is 3.86. The molecule has 1 atom stereocenters. The summed E-state index contributed by atoms with van der Waals surface area (Å²) in [5.74, 6) is -1.26. The largest absolute Gasteiger partial charge is 0.503 e. The molecule has 2 aliphatic rings. The summed E-state index contributed by atoms with van der Waals surface area (Å²) >= 11 is 0. The van der Waals surface area contributed by atoms with Crippen molar-refractivity contribution in [2.45, 2.75) is 25.8 Å². The number of hydrogen-bond acceptors (Lipinski definition) is 3. The van der Waals surface area contributed by atoms with Gasteiger partial charge in [-0.2, -0.15) is 0 Å². The third-order valence-electron chi connectivity index (χ3n) is 5.42. The first-order valence-electron chi connectivity index (χ1n) is 9.29. The second-order valence-electron chi connectivity index (χ2n) is 6.99. The molecule has 1 heterocycles. The number of amides is 2. The van der Waals surface area contributed by atoms with Crippen molar-refractivity contribution in [1.82, 2.24) is 10.2 Å². The van der Waals surface area contributed by atoms with Gasteiger partial charge in [0, 0.05) is 6.54 Å². The van der Waals surface area contributed by atoms with Gasteiger partial charge in [-0.25, -0.2) is 0 Å². The Balaban J connectivity index is 1.56. The standard InChI is InChI=1S/C22H22N2O3/c1-2-24-13-18(20(25)22(24)27)21(26)23-19-11-10-15-8-9-16(12-17(15)19)14-6-4-3-5-7-14/h3-9,12,19,25H,2,10-11,13H2,1H3,(H,23,26). The maximum atomic E-state index is 12.7. The number of carbonyl (C=O) groups excluding carboxylic acids is 2. The number of nitrogens with one attached hydrogen (secondary N) is 1. The van der Waals surface area contributed by atoms with Gasteiger partial charge in [0.2, 0.25) is 0 Å². The minimum absolute atomic E-state index is 0.109. The highest BCUT2D eigenvalue weighted by Crippen LogP contribution is 2.35. The van der Waals surface area contributed by atoms with E-state index < -0.39 is 11.7 Å². The van der Waals surface area contributed by atoms with E-state index in [0.29, 0.717) is 6.54 Å². The molecule has 0 spiro atoms.